The van der Waals surface area contributed by atoms with E-state index in [2.05, 4.69) is 24.1 Å². The number of thiazole rings is 1. The molecule has 1 atom stereocenters. The second-order valence-electron chi connectivity index (χ2n) is 4.47. The maximum absolute atomic E-state index is 5.33. The zero-order chi connectivity index (χ0) is 12.8. The molecule has 1 N–H and O–H groups in total. The molecule has 1 unspecified atom stereocenters. The van der Waals surface area contributed by atoms with Crippen LogP contribution in [0.3, 0.4) is 0 Å². The van der Waals surface area contributed by atoms with Crippen molar-refractivity contribution in [3.8, 4) is 0 Å². The zero-order valence-corrected chi connectivity index (χ0v) is 11.8. The summed E-state index contributed by atoms with van der Waals surface area (Å²) in [6.07, 6.45) is 6.86. The number of rotatable bonds is 7. The van der Waals surface area contributed by atoms with Crippen LogP contribution in [0.4, 0.5) is 0 Å². The van der Waals surface area contributed by atoms with Crippen LogP contribution in [-0.2, 0) is 19.4 Å². The SMILES string of the molecule is CCc1cnc(CNC(C)CCc2ccco2)s1. The summed E-state index contributed by atoms with van der Waals surface area (Å²) in [5, 5.41) is 4.68. The van der Waals surface area contributed by atoms with Crippen molar-refractivity contribution in [1.29, 1.82) is 0 Å². The maximum atomic E-state index is 5.33. The Labute approximate surface area is 112 Å². The lowest BCUT2D eigenvalue weighted by Crippen LogP contribution is -2.25. The maximum Gasteiger partial charge on any atom is 0.107 e. The van der Waals surface area contributed by atoms with Crippen molar-refractivity contribution in [3.63, 3.8) is 0 Å². The molecule has 2 rings (SSSR count). The topological polar surface area (TPSA) is 38.1 Å². The van der Waals surface area contributed by atoms with Crippen LogP contribution in [0, 0.1) is 0 Å². The quantitative estimate of drug-likeness (QED) is 0.833. The molecule has 4 heteroatoms. The lowest BCUT2D eigenvalue weighted by atomic mass is 10.1. The summed E-state index contributed by atoms with van der Waals surface area (Å²) in [6, 6.07) is 4.44. The van der Waals surface area contributed by atoms with Gasteiger partial charge in [-0.1, -0.05) is 6.92 Å². The number of furan rings is 1. The van der Waals surface area contributed by atoms with Crippen molar-refractivity contribution in [1.82, 2.24) is 10.3 Å². The van der Waals surface area contributed by atoms with Crippen LogP contribution < -0.4 is 5.32 Å². The monoisotopic (exact) mass is 264 g/mol. The Morgan fingerprint density at radius 2 is 2.39 bits per heavy atom. The standard InChI is InChI=1S/C14H20N2OS/c1-3-13-9-16-14(18-13)10-15-11(2)6-7-12-5-4-8-17-12/h4-5,8-9,11,15H,3,6-7,10H2,1-2H3. The molecular formula is C14H20N2OS. The molecule has 0 amide bonds. The van der Waals surface area contributed by atoms with E-state index in [-0.39, 0.29) is 0 Å². The highest BCUT2D eigenvalue weighted by atomic mass is 32.1. The molecule has 0 spiro atoms. The van der Waals surface area contributed by atoms with Crippen LogP contribution in [-0.4, -0.2) is 11.0 Å². The van der Waals surface area contributed by atoms with E-state index in [0.717, 1.165) is 31.6 Å². The second-order valence-corrected chi connectivity index (χ2v) is 5.67. The average molecular weight is 264 g/mol. The molecule has 2 aromatic heterocycles. The number of hydrogen-bond acceptors (Lipinski definition) is 4. The number of nitrogens with one attached hydrogen (secondary N) is 1. The second kappa shape index (κ2) is 6.71. The summed E-state index contributed by atoms with van der Waals surface area (Å²) in [5.41, 5.74) is 0. The van der Waals surface area contributed by atoms with Crippen LogP contribution >= 0.6 is 11.3 Å². The number of aryl methyl sites for hydroxylation is 2. The minimum absolute atomic E-state index is 0.476. The van der Waals surface area contributed by atoms with Gasteiger partial charge in [-0.3, -0.25) is 0 Å². The molecule has 0 aliphatic rings. The van der Waals surface area contributed by atoms with Crippen molar-refractivity contribution >= 4 is 11.3 Å². The van der Waals surface area contributed by atoms with Crippen molar-refractivity contribution < 1.29 is 4.42 Å². The smallest absolute Gasteiger partial charge is 0.107 e. The van der Waals surface area contributed by atoms with E-state index in [4.69, 9.17) is 4.42 Å². The minimum atomic E-state index is 0.476. The van der Waals surface area contributed by atoms with Gasteiger partial charge in [0.25, 0.3) is 0 Å². The summed E-state index contributed by atoms with van der Waals surface area (Å²) in [4.78, 5) is 5.76. The molecule has 0 saturated carbocycles. The summed E-state index contributed by atoms with van der Waals surface area (Å²) < 4.78 is 5.33. The summed E-state index contributed by atoms with van der Waals surface area (Å²) in [7, 11) is 0. The van der Waals surface area contributed by atoms with Crippen LogP contribution in [0.25, 0.3) is 0 Å². The van der Waals surface area contributed by atoms with E-state index in [1.165, 1.54) is 9.88 Å². The van der Waals surface area contributed by atoms with Crippen LogP contribution in [0.5, 0.6) is 0 Å². The normalized spacial score (nSPS) is 12.8. The van der Waals surface area contributed by atoms with Gasteiger partial charge in [-0.25, -0.2) is 4.98 Å². The molecule has 18 heavy (non-hydrogen) atoms. The van der Waals surface area contributed by atoms with Crippen LogP contribution in [0.15, 0.2) is 29.0 Å². The fraction of sp³-hybridized carbons (Fsp3) is 0.500. The molecule has 0 saturated heterocycles. The van der Waals surface area contributed by atoms with E-state index in [9.17, 15) is 0 Å². The molecule has 0 aliphatic heterocycles. The first-order chi connectivity index (χ1) is 8.78. The third-order valence-corrected chi connectivity index (χ3v) is 4.10. The Bertz CT molecular complexity index is 450. The third-order valence-electron chi connectivity index (χ3n) is 2.96. The van der Waals surface area contributed by atoms with Gasteiger partial charge in [0.1, 0.15) is 10.8 Å². The van der Waals surface area contributed by atoms with Gasteiger partial charge in [-0.15, -0.1) is 11.3 Å². The Hall–Kier alpha value is -1.13. The number of nitrogens with zero attached hydrogens (tertiary/aromatic N) is 1. The molecular weight excluding hydrogens is 244 g/mol. The Balaban J connectivity index is 1.69. The predicted octanol–water partition coefficient (Wildman–Crippen LogP) is 3.41. The van der Waals surface area contributed by atoms with Gasteiger partial charge in [0.05, 0.1) is 6.26 Å². The summed E-state index contributed by atoms with van der Waals surface area (Å²) in [6.45, 7) is 5.23. The van der Waals surface area contributed by atoms with Gasteiger partial charge in [0, 0.05) is 30.1 Å². The molecule has 0 radical (unpaired) electrons. The Morgan fingerprint density at radius 3 is 3.06 bits per heavy atom. The first-order valence-electron chi connectivity index (χ1n) is 6.47. The fourth-order valence-corrected chi connectivity index (χ4v) is 2.58. The number of hydrogen-bond donors (Lipinski definition) is 1. The van der Waals surface area contributed by atoms with E-state index in [1.807, 2.05) is 18.3 Å². The largest absolute Gasteiger partial charge is 0.469 e. The highest BCUT2D eigenvalue weighted by Gasteiger charge is 2.05. The fourth-order valence-electron chi connectivity index (χ4n) is 1.77. The minimum Gasteiger partial charge on any atom is -0.469 e. The van der Waals surface area contributed by atoms with Crippen molar-refractivity contribution in [2.24, 2.45) is 0 Å². The summed E-state index contributed by atoms with van der Waals surface area (Å²) in [5.74, 6) is 1.06. The average Bonchev–Trinajstić information content (AvgIpc) is 3.04. The third kappa shape index (κ3) is 3.96. The first-order valence-corrected chi connectivity index (χ1v) is 7.29. The van der Waals surface area contributed by atoms with Crippen molar-refractivity contribution in [3.05, 3.63) is 40.2 Å². The van der Waals surface area contributed by atoms with Gasteiger partial charge in [-0.2, -0.15) is 0 Å². The Kier molecular flexibility index (Phi) is 4.96. The van der Waals surface area contributed by atoms with Crippen molar-refractivity contribution in [2.45, 2.75) is 45.7 Å². The van der Waals surface area contributed by atoms with Gasteiger partial charge < -0.3 is 9.73 Å². The lowest BCUT2D eigenvalue weighted by molar-refractivity contribution is 0.459. The van der Waals surface area contributed by atoms with E-state index in [0.29, 0.717) is 6.04 Å². The van der Waals surface area contributed by atoms with E-state index in [1.54, 1.807) is 17.6 Å². The van der Waals surface area contributed by atoms with E-state index >= 15 is 0 Å². The molecule has 3 nitrogen and oxygen atoms in total. The Morgan fingerprint density at radius 1 is 1.50 bits per heavy atom. The molecule has 0 aliphatic carbocycles. The highest BCUT2D eigenvalue weighted by molar-refractivity contribution is 7.11. The zero-order valence-electron chi connectivity index (χ0n) is 11.0. The van der Waals surface area contributed by atoms with Crippen LogP contribution in [0.1, 0.15) is 35.9 Å². The number of aromatic nitrogens is 1. The van der Waals surface area contributed by atoms with Gasteiger partial charge in [0.2, 0.25) is 0 Å². The van der Waals surface area contributed by atoms with Crippen molar-refractivity contribution in [2.75, 3.05) is 0 Å². The van der Waals surface area contributed by atoms with E-state index < -0.39 is 0 Å². The summed E-state index contributed by atoms with van der Waals surface area (Å²) >= 11 is 1.80. The molecule has 2 heterocycles. The molecule has 0 bridgehead atoms. The van der Waals surface area contributed by atoms with Gasteiger partial charge in [0.15, 0.2) is 0 Å². The molecule has 0 aromatic carbocycles. The lowest BCUT2D eigenvalue weighted by Gasteiger charge is -2.11. The van der Waals surface area contributed by atoms with Crippen LogP contribution in [0.2, 0.25) is 0 Å². The first kappa shape index (κ1) is 13.3. The molecule has 2 aromatic rings. The van der Waals surface area contributed by atoms with Gasteiger partial charge in [-0.05, 0) is 31.9 Å². The highest BCUT2D eigenvalue weighted by Crippen LogP contribution is 2.13. The molecule has 0 fully saturated rings. The van der Waals surface area contributed by atoms with Gasteiger partial charge >= 0.3 is 0 Å². The molecule has 98 valence electrons. The predicted molar refractivity (Wildman–Crippen MR) is 74.8 cm³/mol.